The molecule has 1 aliphatic heterocycles. The summed E-state index contributed by atoms with van der Waals surface area (Å²) in [5.41, 5.74) is 1.14. The lowest BCUT2D eigenvalue weighted by Crippen LogP contribution is -2.43. The zero-order valence-electron chi connectivity index (χ0n) is 12.1. The molecule has 2 rings (SSSR count). The van der Waals surface area contributed by atoms with Crippen molar-refractivity contribution >= 4 is 23.2 Å². The minimum atomic E-state index is -0.277. The molecule has 0 aliphatic carbocycles. The number of thiocarbonyl (C=S) groups is 1. The van der Waals surface area contributed by atoms with Gasteiger partial charge in [0.15, 0.2) is 11.7 Å². The van der Waals surface area contributed by atoms with E-state index in [9.17, 15) is 4.79 Å². The van der Waals surface area contributed by atoms with E-state index in [1.54, 1.807) is 0 Å². The van der Waals surface area contributed by atoms with Crippen molar-refractivity contribution in [2.24, 2.45) is 0 Å². The first-order valence-corrected chi connectivity index (χ1v) is 7.43. The summed E-state index contributed by atoms with van der Waals surface area (Å²) < 4.78 is 10.8. The van der Waals surface area contributed by atoms with Crippen LogP contribution in [0.4, 0.5) is 0 Å². The minimum Gasteiger partial charge on any atom is -0.484 e. The van der Waals surface area contributed by atoms with Crippen LogP contribution in [-0.2, 0) is 9.53 Å². The lowest BCUT2D eigenvalue weighted by atomic mass is 10.2. The topological polar surface area (TPSA) is 59.6 Å². The van der Waals surface area contributed by atoms with Gasteiger partial charge in [0.25, 0.3) is 5.91 Å². The minimum absolute atomic E-state index is 0.0647. The fourth-order valence-corrected chi connectivity index (χ4v) is 2.20. The van der Waals surface area contributed by atoms with Crippen LogP contribution in [0.5, 0.6) is 5.75 Å². The van der Waals surface area contributed by atoms with E-state index < -0.39 is 0 Å². The molecule has 1 aliphatic rings. The number of nitrogens with one attached hydrogen (secondary N) is 2. The van der Waals surface area contributed by atoms with Gasteiger partial charge in [0.05, 0.1) is 6.10 Å². The van der Waals surface area contributed by atoms with Crippen LogP contribution in [0.1, 0.15) is 18.4 Å². The van der Waals surface area contributed by atoms with E-state index in [0.717, 1.165) is 25.0 Å². The van der Waals surface area contributed by atoms with E-state index in [4.69, 9.17) is 21.7 Å². The highest BCUT2D eigenvalue weighted by atomic mass is 32.1. The van der Waals surface area contributed by atoms with Crippen molar-refractivity contribution in [2.45, 2.75) is 25.9 Å². The zero-order chi connectivity index (χ0) is 15.1. The summed E-state index contributed by atoms with van der Waals surface area (Å²) in [5, 5.41) is 5.87. The Morgan fingerprint density at radius 1 is 1.43 bits per heavy atom. The number of hydrogen-bond donors (Lipinski definition) is 2. The molecule has 0 bridgehead atoms. The molecule has 1 fully saturated rings. The molecule has 114 valence electrons. The van der Waals surface area contributed by atoms with E-state index in [2.05, 4.69) is 10.6 Å². The third-order valence-electron chi connectivity index (χ3n) is 3.16. The Morgan fingerprint density at radius 3 is 2.86 bits per heavy atom. The van der Waals surface area contributed by atoms with Gasteiger partial charge in [0.2, 0.25) is 0 Å². The predicted octanol–water partition coefficient (Wildman–Crippen LogP) is 1.54. The van der Waals surface area contributed by atoms with Crippen molar-refractivity contribution in [3.63, 3.8) is 0 Å². The van der Waals surface area contributed by atoms with Gasteiger partial charge in [-0.2, -0.15) is 0 Å². The lowest BCUT2D eigenvalue weighted by molar-refractivity contribution is -0.121. The number of aryl methyl sites for hydroxylation is 1. The Hall–Kier alpha value is -1.66. The number of hydrogen-bond acceptors (Lipinski definition) is 4. The molecular formula is C15H20N2O3S. The van der Waals surface area contributed by atoms with Crippen molar-refractivity contribution in [3.8, 4) is 5.75 Å². The number of amides is 1. The van der Waals surface area contributed by atoms with Gasteiger partial charge in [0, 0.05) is 13.2 Å². The fourth-order valence-electron chi connectivity index (χ4n) is 2.00. The highest BCUT2D eigenvalue weighted by Crippen LogP contribution is 2.11. The summed E-state index contributed by atoms with van der Waals surface area (Å²) in [5.74, 6) is 0.384. The van der Waals surface area contributed by atoms with Gasteiger partial charge in [-0.3, -0.25) is 4.79 Å². The van der Waals surface area contributed by atoms with Crippen LogP contribution < -0.4 is 15.4 Å². The summed E-state index contributed by atoms with van der Waals surface area (Å²) in [6.07, 6.45) is 2.29. The quantitative estimate of drug-likeness (QED) is 0.808. The molecule has 2 N–H and O–H groups in total. The maximum Gasteiger partial charge on any atom is 0.264 e. The average molecular weight is 308 g/mol. The van der Waals surface area contributed by atoms with Crippen molar-refractivity contribution < 1.29 is 14.3 Å². The molecule has 0 radical (unpaired) electrons. The van der Waals surface area contributed by atoms with Crippen molar-refractivity contribution in [1.29, 1.82) is 0 Å². The number of benzene rings is 1. The van der Waals surface area contributed by atoms with Gasteiger partial charge >= 0.3 is 0 Å². The number of ether oxygens (including phenoxy) is 2. The first kappa shape index (κ1) is 15.7. The number of rotatable bonds is 5. The van der Waals surface area contributed by atoms with Crippen molar-refractivity contribution in [2.75, 3.05) is 19.8 Å². The lowest BCUT2D eigenvalue weighted by Gasteiger charge is -2.13. The van der Waals surface area contributed by atoms with E-state index in [0.29, 0.717) is 17.4 Å². The Kier molecular flexibility index (Phi) is 5.95. The average Bonchev–Trinajstić information content (AvgIpc) is 2.98. The molecule has 0 aromatic heterocycles. The monoisotopic (exact) mass is 308 g/mol. The van der Waals surface area contributed by atoms with Gasteiger partial charge in [-0.1, -0.05) is 17.7 Å². The van der Waals surface area contributed by atoms with E-state index in [1.165, 1.54) is 0 Å². The molecule has 1 atom stereocenters. The molecular weight excluding hydrogens is 288 g/mol. The van der Waals surface area contributed by atoms with Crippen LogP contribution >= 0.6 is 12.2 Å². The molecule has 1 unspecified atom stereocenters. The van der Waals surface area contributed by atoms with Crippen LogP contribution in [0.2, 0.25) is 0 Å². The van der Waals surface area contributed by atoms with Crippen LogP contribution in [0.25, 0.3) is 0 Å². The molecule has 0 spiro atoms. The molecule has 1 aromatic rings. The van der Waals surface area contributed by atoms with Gasteiger partial charge in [-0.05, 0) is 44.1 Å². The van der Waals surface area contributed by atoms with Crippen molar-refractivity contribution in [3.05, 3.63) is 29.8 Å². The molecule has 21 heavy (non-hydrogen) atoms. The second-order valence-corrected chi connectivity index (χ2v) is 5.40. The highest BCUT2D eigenvalue weighted by molar-refractivity contribution is 7.80. The van der Waals surface area contributed by atoms with E-state index in [-0.39, 0.29) is 18.6 Å². The molecule has 1 saturated heterocycles. The standard InChI is InChI=1S/C15H20N2O3S/c1-11-4-6-12(7-5-11)20-10-14(18)17-15(21)16-9-13-3-2-8-19-13/h4-7,13H,2-3,8-10H2,1H3,(H2,16,17,18,21). The first-order chi connectivity index (χ1) is 10.1. The fraction of sp³-hybridized carbons (Fsp3) is 0.467. The van der Waals surface area contributed by atoms with Crippen LogP contribution in [0.15, 0.2) is 24.3 Å². The van der Waals surface area contributed by atoms with Crippen LogP contribution in [-0.4, -0.2) is 36.9 Å². The van der Waals surface area contributed by atoms with Crippen LogP contribution in [0, 0.1) is 6.92 Å². The van der Waals surface area contributed by atoms with Crippen molar-refractivity contribution in [1.82, 2.24) is 10.6 Å². The van der Waals surface area contributed by atoms with Gasteiger partial charge < -0.3 is 20.1 Å². The zero-order valence-corrected chi connectivity index (χ0v) is 12.9. The molecule has 1 amide bonds. The molecule has 1 aromatic carbocycles. The van der Waals surface area contributed by atoms with Gasteiger partial charge in [0.1, 0.15) is 5.75 Å². The van der Waals surface area contributed by atoms with E-state index in [1.807, 2.05) is 31.2 Å². The van der Waals surface area contributed by atoms with Crippen LogP contribution in [0.3, 0.4) is 0 Å². The second-order valence-electron chi connectivity index (χ2n) is 4.99. The second kappa shape index (κ2) is 7.95. The number of carbonyl (C=O) groups is 1. The summed E-state index contributed by atoms with van der Waals surface area (Å²) in [7, 11) is 0. The highest BCUT2D eigenvalue weighted by Gasteiger charge is 2.15. The van der Waals surface area contributed by atoms with Gasteiger partial charge in [-0.15, -0.1) is 0 Å². The normalized spacial score (nSPS) is 17.3. The smallest absolute Gasteiger partial charge is 0.264 e. The third kappa shape index (κ3) is 5.69. The predicted molar refractivity (Wildman–Crippen MR) is 84.4 cm³/mol. The third-order valence-corrected chi connectivity index (χ3v) is 3.40. The van der Waals surface area contributed by atoms with E-state index >= 15 is 0 Å². The largest absolute Gasteiger partial charge is 0.484 e. The summed E-state index contributed by atoms with van der Waals surface area (Å²) in [4.78, 5) is 11.7. The summed E-state index contributed by atoms with van der Waals surface area (Å²) in [6, 6.07) is 7.52. The Labute approximate surface area is 130 Å². The van der Waals surface area contributed by atoms with Gasteiger partial charge in [-0.25, -0.2) is 0 Å². The maximum absolute atomic E-state index is 11.7. The summed E-state index contributed by atoms with van der Waals surface area (Å²) >= 11 is 5.06. The Balaban J connectivity index is 1.64. The maximum atomic E-state index is 11.7. The molecule has 1 heterocycles. The molecule has 0 saturated carbocycles. The Bertz CT molecular complexity index is 484. The number of carbonyl (C=O) groups excluding carboxylic acids is 1. The molecule has 6 heteroatoms. The SMILES string of the molecule is Cc1ccc(OCC(=O)NC(=S)NCC2CCCO2)cc1. The summed E-state index contributed by atoms with van der Waals surface area (Å²) in [6.45, 7) is 3.35. The molecule has 5 nitrogen and oxygen atoms in total. The Morgan fingerprint density at radius 2 is 2.19 bits per heavy atom. The first-order valence-electron chi connectivity index (χ1n) is 7.02.